The van der Waals surface area contributed by atoms with Gasteiger partial charge in [-0.05, 0) is 31.0 Å². The van der Waals surface area contributed by atoms with E-state index in [-0.39, 0.29) is 11.6 Å². The third-order valence-electron chi connectivity index (χ3n) is 3.27. The number of fused-ring (bicyclic) bond motifs is 1. The molecule has 0 unspecified atom stereocenters. The van der Waals surface area contributed by atoms with Crippen LogP contribution in [-0.4, -0.2) is 33.1 Å². The number of hydrogen-bond acceptors (Lipinski definition) is 6. The summed E-state index contributed by atoms with van der Waals surface area (Å²) in [6.07, 6.45) is 5.27. The number of nitrogens with zero attached hydrogens (tertiary/aromatic N) is 4. The Hall–Kier alpha value is -2.83. The Morgan fingerprint density at radius 1 is 1.13 bits per heavy atom. The van der Waals surface area contributed by atoms with Crippen LogP contribution >= 0.6 is 0 Å². The normalized spacial score (nSPS) is 10.7. The maximum Gasteiger partial charge on any atom is 0.183 e. The molecule has 1 N–H and O–H groups in total. The van der Waals surface area contributed by atoms with E-state index >= 15 is 0 Å². The van der Waals surface area contributed by atoms with Crippen LogP contribution in [0.1, 0.15) is 12.5 Å². The number of aromatic nitrogens is 4. The lowest BCUT2D eigenvalue weighted by Gasteiger charge is -2.09. The molecule has 0 aliphatic carbocycles. The van der Waals surface area contributed by atoms with Crippen molar-refractivity contribution >= 4 is 17.0 Å². The lowest BCUT2D eigenvalue weighted by atomic mass is 10.1. The molecule has 3 rings (SSSR count). The number of nitrogens with one attached hydrogen (secondary N) is 1. The van der Waals surface area contributed by atoms with Gasteiger partial charge in [-0.25, -0.2) is 24.3 Å². The summed E-state index contributed by atoms with van der Waals surface area (Å²) >= 11 is 0. The second-order valence-electron chi connectivity index (χ2n) is 4.83. The second-order valence-corrected chi connectivity index (χ2v) is 4.83. The highest BCUT2D eigenvalue weighted by Crippen LogP contribution is 2.19. The van der Waals surface area contributed by atoms with E-state index in [1.165, 1.54) is 12.4 Å². The lowest BCUT2D eigenvalue weighted by Crippen LogP contribution is -2.08. The fourth-order valence-electron chi connectivity index (χ4n) is 2.22. The molecule has 0 aliphatic rings. The predicted octanol–water partition coefficient (Wildman–Crippen LogP) is 2.61. The molecule has 0 radical (unpaired) electrons. The molecule has 2 aromatic heterocycles. The topological polar surface area (TPSA) is 72.8 Å². The van der Waals surface area contributed by atoms with Crippen LogP contribution in [0.15, 0.2) is 36.9 Å². The van der Waals surface area contributed by atoms with Crippen LogP contribution < -0.4 is 10.1 Å². The minimum absolute atomic E-state index is 0.279. The van der Waals surface area contributed by atoms with Gasteiger partial charge in [-0.2, -0.15) is 0 Å². The average molecular weight is 313 g/mol. The van der Waals surface area contributed by atoms with Gasteiger partial charge in [-0.1, -0.05) is 6.07 Å². The molecule has 0 atom stereocenters. The first-order valence-electron chi connectivity index (χ1n) is 7.34. The Morgan fingerprint density at radius 3 is 2.83 bits per heavy atom. The van der Waals surface area contributed by atoms with Crippen molar-refractivity contribution in [3.63, 3.8) is 0 Å². The summed E-state index contributed by atoms with van der Waals surface area (Å²) in [5.41, 5.74) is 2.04. The first kappa shape index (κ1) is 15.1. The summed E-state index contributed by atoms with van der Waals surface area (Å²) < 4.78 is 19.0. The standard InChI is InChI=1S/C16H16FN5O/c1-2-23-13-4-3-11(9-12(13)17)5-6-19-15-14-16(22-10-21-15)20-8-7-18-14/h3-4,7-10H,2,5-6H2,1H3,(H,19,20,21,22). The number of halogens is 1. The minimum Gasteiger partial charge on any atom is -0.491 e. The van der Waals surface area contributed by atoms with Crippen molar-refractivity contribution in [1.29, 1.82) is 0 Å². The Labute approximate surface area is 132 Å². The van der Waals surface area contributed by atoms with Crippen LogP contribution in [0.5, 0.6) is 5.75 Å². The van der Waals surface area contributed by atoms with Gasteiger partial charge >= 0.3 is 0 Å². The van der Waals surface area contributed by atoms with Crippen LogP contribution in [0.3, 0.4) is 0 Å². The van der Waals surface area contributed by atoms with E-state index in [1.54, 1.807) is 18.5 Å². The third kappa shape index (κ3) is 3.50. The van der Waals surface area contributed by atoms with Crippen LogP contribution in [0.4, 0.5) is 10.2 Å². The number of anilines is 1. The third-order valence-corrected chi connectivity index (χ3v) is 3.27. The van der Waals surface area contributed by atoms with Gasteiger partial charge in [0, 0.05) is 18.9 Å². The SMILES string of the molecule is CCOc1ccc(CCNc2ncnc3nccnc23)cc1F. The summed E-state index contributed by atoms with van der Waals surface area (Å²) in [5, 5.41) is 3.19. The van der Waals surface area contributed by atoms with Gasteiger partial charge in [0.15, 0.2) is 23.0 Å². The molecule has 118 valence electrons. The maximum atomic E-state index is 13.8. The zero-order valence-electron chi connectivity index (χ0n) is 12.7. The summed E-state index contributed by atoms with van der Waals surface area (Å²) in [5.74, 6) is 0.554. The molecule has 0 saturated heterocycles. The molecule has 1 aromatic carbocycles. The average Bonchev–Trinajstić information content (AvgIpc) is 2.58. The van der Waals surface area contributed by atoms with E-state index in [0.29, 0.717) is 36.6 Å². The van der Waals surface area contributed by atoms with Crippen molar-refractivity contribution in [3.05, 3.63) is 48.3 Å². The molecule has 6 nitrogen and oxygen atoms in total. The summed E-state index contributed by atoms with van der Waals surface area (Å²) in [6, 6.07) is 5.00. The quantitative estimate of drug-likeness (QED) is 0.754. The molecule has 2 heterocycles. The van der Waals surface area contributed by atoms with E-state index in [2.05, 4.69) is 25.3 Å². The molecule has 0 amide bonds. The summed E-state index contributed by atoms with van der Waals surface area (Å²) in [7, 11) is 0. The monoisotopic (exact) mass is 313 g/mol. The number of rotatable bonds is 6. The molecule has 0 aliphatic heterocycles. The molecule has 7 heteroatoms. The van der Waals surface area contributed by atoms with Crippen LogP contribution in [0.2, 0.25) is 0 Å². The van der Waals surface area contributed by atoms with Crippen molar-refractivity contribution in [1.82, 2.24) is 19.9 Å². The van der Waals surface area contributed by atoms with Crippen molar-refractivity contribution < 1.29 is 9.13 Å². The second kappa shape index (κ2) is 6.95. The molecular weight excluding hydrogens is 297 g/mol. The van der Waals surface area contributed by atoms with Gasteiger partial charge in [-0.15, -0.1) is 0 Å². The van der Waals surface area contributed by atoms with E-state index in [4.69, 9.17) is 4.74 Å². The van der Waals surface area contributed by atoms with Gasteiger partial charge < -0.3 is 10.1 Å². The molecule has 0 fully saturated rings. The van der Waals surface area contributed by atoms with Gasteiger partial charge in [-0.3, -0.25) is 0 Å². The molecular formula is C16H16FN5O. The van der Waals surface area contributed by atoms with Crippen molar-refractivity contribution in [2.45, 2.75) is 13.3 Å². The van der Waals surface area contributed by atoms with E-state index < -0.39 is 0 Å². The van der Waals surface area contributed by atoms with E-state index in [9.17, 15) is 4.39 Å². The van der Waals surface area contributed by atoms with Gasteiger partial charge in [0.05, 0.1) is 6.61 Å². The Kier molecular flexibility index (Phi) is 4.56. The fourth-order valence-corrected chi connectivity index (χ4v) is 2.22. The molecule has 0 spiro atoms. The predicted molar refractivity (Wildman–Crippen MR) is 84.9 cm³/mol. The Balaban J connectivity index is 1.66. The molecule has 0 bridgehead atoms. The van der Waals surface area contributed by atoms with E-state index in [1.807, 2.05) is 13.0 Å². The Bertz CT molecular complexity index is 806. The first-order valence-corrected chi connectivity index (χ1v) is 7.34. The van der Waals surface area contributed by atoms with Gasteiger partial charge in [0.1, 0.15) is 11.8 Å². The number of ether oxygens (including phenoxy) is 1. The van der Waals surface area contributed by atoms with Crippen molar-refractivity contribution in [3.8, 4) is 5.75 Å². The van der Waals surface area contributed by atoms with Crippen LogP contribution in [0.25, 0.3) is 11.2 Å². The minimum atomic E-state index is -0.345. The molecule has 3 aromatic rings. The summed E-state index contributed by atoms with van der Waals surface area (Å²) in [4.78, 5) is 16.6. The smallest absolute Gasteiger partial charge is 0.183 e. The molecule has 23 heavy (non-hydrogen) atoms. The van der Waals surface area contributed by atoms with Crippen LogP contribution in [-0.2, 0) is 6.42 Å². The van der Waals surface area contributed by atoms with E-state index in [0.717, 1.165) is 5.56 Å². The lowest BCUT2D eigenvalue weighted by molar-refractivity contribution is 0.321. The zero-order valence-corrected chi connectivity index (χ0v) is 12.7. The van der Waals surface area contributed by atoms with Crippen molar-refractivity contribution in [2.75, 3.05) is 18.5 Å². The molecule has 0 saturated carbocycles. The maximum absolute atomic E-state index is 13.8. The number of hydrogen-bond donors (Lipinski definition) is 1. The first-order chi connectivity index (χ1) is 11.3. The largest absolute Gasteiger partial charge is 0.491 e. The van der Waals surface area contributed by atoms with Gasteiger partial charge in [0.25, 0.3) is 0 Å². The Morgan fingerprint density at radius 2 is 2.00 bits per heavy atom. The van der Waals surface area contributed by atoms with Gasteiger partial charge in [0.2, 0.25) is 0 Å². The van der Waals surface area contributed by atoms with Crippen molar-refractivity contribution in [2.24, 2.45) is 0 Å². The summed E-state index contributed by atoms with van der Waals surface area (Å²) in [6.45, 7) is 2.86. The number of benzene rings is 1. The highest BCUT2D eigenvalue weighted by atomic mass is 19.1. The fraction of sp³-hybridized carbons (Fsp3) is 0.250. The highest BCUT2D eigenvalue weighted by Gasteiger charge is 2.06. The zero-order chi connectivity index (χ0) is 16.1. The van der Waals surface area contributed by atoms with Crippen LogP contribution in [0, 0.1) is 5.82 Å². The highest BCUT2D eigenvalue weighted by molar-refractivity contribution is 5.81.